The second-order valence-corrected chi connectivity index (χ2v) is 6.11. The fourth-order valence-electron chi connectivity index (χ4n) is 3.02. The molecule has 9 nitrogen and oxygen atoms in total. The second-order valence-electron chi connectivity index (χ2n) is 6.11. The first kappa shape index (κ1) is 17.7. The maximum Gasteiger partial charge on any atom is 0.262 e. The Kier molecular flexibility index (Phi) is 4.81. The van der Waals surface area contributed by atoms with Crippen molar-refractivity contribution < 1.29 is 24.0 Å². The summed E-state index contributed by atoms with van der Waals surface area (Å²) in [5.41, 5.74) is 5.83. The topological polar surface area (TPSA) is 139 Å². The van der Waals surface area contributed by atoms with Crippen LogP contribution in [0, 0.1) is 0 Å². The summed E-state index contributed by atoms with van der Waals surface area (Å²) in [4.78, 5) is 61.5. The number of imide groups is 2. The Bertz CT molecular complexity index is 819. The molecule has 2 heterocycles. The Morgan fingerprint density at radius 3 is 2.62 bits per heavy atom. The highest BCUT2D eigenvalue weighted by atomic mass is 16.2. The molecule has 4 N–H and O–H groups in total. The number of nitrogens with zero attached hydrogens (tertiary/aromatic N) is 1. The van der Waals surface area contributed by atoms with E-state index in [4.69, 9.17) is 5.73 Å². The highest BCUT2D eigenvalue weighted by molar-refractivity contribution is 6.24. The fourth-order valence-corrected chi connectivity index (χ4v) is 3.02. The van der Waals surface area contributed by atoms with E-state index < -0.39 is 29.7 Å². The maximum atomic E-state index is 12.7. The van der Waals surface area contributed by atoms with Gasteiger partial charge < -0.3 is 11.1 Å². The van der Waals surface area contributed by atoms with Crippen LogP contribution in [0.25, 0.3) is 0 Å². The molecule has 1 unspecified atom stereocenters. The summed E-state index contributed by atoms with van der Waals surface area (Å²) in [6, 6.07) is 3.18. The van der Waals surface area contributed by atoms with Gasteiger partial charge in [0.2, 0.25) is 11.8 Å². The van der Waals surface area contributed by atoms with E-state index in [1.807, 2.05) is 0 Å². The molecule has 5 amide bonds. The van der Waals surface area contributed by atoms with Gasteiger partial charge in [0.15, 0.2) is 0 Å². The number of hydrogen-bond acceptors (Lipinski definition) is 6. The van der Waals surface area contributed by atoms with Gasteiger partial charge in [0.25, 0.3) is 17.7 Å². The molecule has 0 aliphatic carbocycles. The van der Waals surface area contributed by atoms with Crippen LogP contribution in [-0.2, 0) is 9.59 Å². The Morgan fingerprint density at radius 2 is 1.92 bits per heavy atom. The lowest BCUT2D eigenvalue weighted by atomic mass is 10.0. The standard InChI is InChI=1S/C17H18N4O5/c18-6-1-7-19-14(23)9-2-3-10-11(8-9)17(26)21(16(10)25)12-4-5-13(22)20-15(12)24/h2-3,8,12H,1,4-7,18H2,(H,19,23)(H,20,22,24). The minimum Gasteiger partial charge on any atom is -0.352 e. The molecular weight excluding hydrogens is 340 g/mol. The summed E-state index contributed by atoms with van der Waals surface area (Å²) >= 11 is 0. The van der Waals surface area contributed by atoms with Crippen LogP contribution in [0.1, 0.15) is 50.3 Å². The molecule has 136 valence electrons. The van der Waals surface area contributed by atoms with Gasteiger partial charge in [-0.05, 0) is 37.6 Å². The minimum atomic E-state index is -1.03. The third-order valence-electron chi connectivity index (χ3n) is 4.37. The van der Waals surface area contributed by atoms with E-state index in [1.54, 1.807) is 0 Å². The van der Waals surface area contributed by atoms with Gasteiger partial charge in [0.05, 0.1) is 11.1 Å². The molecule has 2 aliphatic rings. The number of nitrogens with two attached hydrogens (primary N) is 1. The molecule has 1 aromatic carbocycles. The van der Waals surface area contributed by atoms with Gasteiger partial charge in [0, 0.05) is 18.5 Å². The number of carbonyl (C=O) groups excluding carboxylic acids is 5. The first-order valence-corrected chi connectivity index (χ1v) is 8.28. The van der Waals surface area contributed by atoms with E-state index in [2.05, 4.69) is 10.6 Å². The van der Waals surface area contributed by atoms with Crippen molar-refractivity contribution in [2.24, 2.45) is 5.73 Å². The van der Waals surface area contributed by atoms with Crippen molar-refractivity contribution >= 4 is 29.5 Å². The number of rotatable bonds is 5. The molecule has 0 radical (unpaired) electrons. The molecule has 26 heavy (non-hydrogen) atoms. The van der Waals surface area contributed by atoms with Gasteiger partial charge >= 0.3 is 0 Å². The van der Waals surface area contributed by atoms with Crippen LogP contribution in [0.2, 0.25) is 0 Å². The predicted molar refractivity (Wildman–Crippen MR) is 89.1 cm³/mol. The highest BCUT2D eigenvalue weighted by Crippen LogP contribution is 2.28. The molecule has 0 spiro atoms. The zero-order valence-corrected chi connectivity index (χ0v) is 13.9. The maximum absolute atomic E-state index is 12.7. The van der Waals surface area contributed by atoms with Crippen molar-refractivity contribution in [3.8, 4) is 0 Å². The molecule has 1 fully saturated rings. The van der Waals surface area contributed by atoms with E-state index in [1.165, 1.54) is 18.2 Å². The summed E-state index contributed by atoms with van der Waals surface area (Å²) in [7, 11) is 0. The van der Waals surface area contributed by atoms with E-state index >= 15 is 0 Å². The van der Waals surface area contributed by atoms with Crippen LogP contribution < -0.4 is 16.4 Å². The number of benzene rings is 1. The van der Waals surface area contributed by atoms with Crippen molar-refractivity contribution in [2.45, 2.75) is 25.3 Å². The molecule has 0 bridgehead atoms. The molecule has 1 atom stereocenters. The van der Waals surface area contributed by atoms with Crippen molar-refractivity contribution in [3.63, 3.8) is 0 Å². The van der Waals surface area contributed by atoms with Crippen LogP contribution in [0.4, 0.5) is 0 Å². The molecule has 1 aromatic rings. The van der Waals surface area contributed by atoms with E-state index in [9.17, 15) is 24.0 Å². The van der Waals surface area contributed by atoms with Gasteiger partial charge in [0.1, 0.15) is 6.04 Å². The van der Waals surface area contributed by atoms with Gasteiger partial charge in [-0.15, -0.1) is 0 Å². The number of carbonyl (C=O) groups is 5. The van der Waals surface area contributed by atoms with E-state index in [-0.39, 0.29) is 35.4 Å². The summed E-state index contributed by atoms with van der Waals surface area (Å²) < 4.78 is 0. The molecule has 9 heteroatoms. The Balaban J connectivity index is 1.83. The molecule has 0 aromatic heterocycles. The first-order valence-electron chi connectivity index (χ1n) is 8.28. The van der Waals surface area contributed by atoms with Crippen molar-refractivity contribution in [1.29, 1.82) is 0 Å². The number of piperidine rings is 1. The normalized spacial score (nSPS) is 19.4. The lowest BCUT2D eigenvalue weighted by Gasteiger charge is -2.27. The average molecular weight is 358 g/mol. The van der Waals surface area contributed by atoms with Crippen LogP contribution in [0.15, 0.2) is 18.2 Å². The molecule has 2 aliphatic heterocycles. The zero-order chi connectivity index (χ0) is 18.8. The van der Waals surface area contributed by atoms with Crippen LogP contribution in [0.3, 0.4) is 0 Å². The SMILES string of the molecule is NCCCNC(=O)c1ccc2c(c1)C(=O)N(C1CCC(=O)NC1=O)C2=O. The Morgan fingerprint density at radius 1 is 1.19 bits per heavy atom. The van der Waals surface area contributed by atoms with Crippen molar-refractivity contribution in [3.05, 3.63) is 34.9 Å². The minimum absolute atomic E-state index is 0.0542. The largest absolute Gasteiger partial charge is 0.352 e. The Hall–Kier alpha value is -3.07. The quantitative estimate of drug-likeness (QED) is 0.464. The Labute approximate surface area is 148 Å². The summed E-state index contributed by atoms with van der Waals surface area (Å²) in [6.07, 6.45) is 0.762. The van der Waals surface area contributed by atoms with E-state index in [0.29, 0.717) is 19.5 Å². The number of fused-ring (bicyclic) bond motifs is 1. The lowest BCUT2D eigenvalue weighted by Crippen LogP contribution is -2.54. The fraction of sp³-hybridized carbons (Fsp3) is 0.353. The monoisotopic (exact) mass is 358 g/mol. The summed E-state index contributed by atoms with van der Waals surface area (Å²) in [5, 5.41) is 4.81. The van der Waals surface area contributed by atoms with Gasteiger partial charge in [-0.3, -0.25) is 34.2 Å². The molecule has 1 saturated heterocycles. The molecular formula is C17H18N4O5. The van der Waals surface area contributed by atoms with Gasteiger partial charge in [-0.25, -0.2) is 0 Å². The van der Waals surface area contributed by atoms with E-state index in [0.717, 1.165) is 4.90 Å². The number of hydrogen-bond donors (Lipinski definition) is 3. The van der Waals surface area contributed by atoms with Crippen molar-refractivity contribution in [1.82, 2.24) is 15.5 Å². The summed E-state index contributed by atoms with van der Waals surface area (Å²) in [5.74, 6) is -2.72. The molecule has 3 rings (SSSR count). The second kappa shape index (κ2) is 7.04. The van der Waals surface area contributed by atoms with Crippen molar-refractivity contribution in [2.75, 3.05) is 13.1 Å². The molecule has 0 saturated carbocycles. The van der Waals surface area contributed by atoms with Gasteiger partial charge in [-0.2, -0.15) is 0 Å². The van der Waals surface area contributed by atoms with Crippen LogP contribution >= 0.6 is 0 Å². The zero-order valence-electron chi connectivity index (χ0n) is 13.9. The van der Waals surface area contributed by atoms with Gasteiger partial charge in [-0.1, -0.05) is 0 Å². The predicted octanol–water partition coefficient (Wildman–Crippen LogP) is -0.834. The smallest absolute Gasteiger partial charge is 0.262 e. The third kappa shape index (κ3) is 3.08. The summed E-state index contributed by atoms with van der Waals surface area (Å²) in [6.45, 7) is 0.847. The van der Waals surface area contributed by atoms with Crippen LogP contribution in [-0.4, -0.2) is 53.6 Å². The third-order valence-corrected chi connectivity index (χ3v) is 4.37. The number of amides is 5. The first-order chi connectivity index (χ1) is 12.4. The lowest BCUT2D eigenvalue weighted by molar-refractivity contribution is -0.136. The van der Waals surface area contributed by atoms with Crippen LogP contribution in [0.5, 0.6) is 0 Å². The average Bonchev–Trinajstić information content (AvgIpc) is 2.86. The number of nitrogens with one attached hydrogen (secondary N) is 2. The highest BCUT2D eigenvalue weighted by Gasteiger charge is 2.44.